The zero-order valence-corrected chi connectivity index (χ0v) is 17.5. The lowest BCUT2D eigenvalue weighted by Crippen LogP contribution is -2.29. The molecule has 0 saturated heterocycles. The molecule has 0 saturated carbocycles. The fourth-order valence-electron chi connectivity index (χ4n) is 3.55. The maximum absolute atomic E-state index is 13.3. The quantitative estimate of drug-likeness (QED) is 0.484. The van der Waals surface area contributed by atoms with Gasteiger partial charge < -0.3 is 10.0 Å². The van der Waals surface area contributed by atoms with Crippen molar-refractivity contribution in [1.82, 2.24) is 4.90 Å². The lowest BCUT2D eigenvalue weighted by Gasteiger charge is -2.27. The van der Waals surface area contributed by atoms with Gasteiger partial charge in [-0.15, -0.1) is 0 Å². The van der Waals surface area contributed by atoms with Crippen LogP contribution in [-0.4, -0.2) is 15.9 Å². The number of hydrogen-bond donors (Lipinski definition) is 1. The van der Waals surface area contributed by atoms with Gasteiger partial charge in [-0.2, -0.15) is 0 Å². The Morgan fingerprint density at radius 3 is 2.38 bits per heavy atom. The third kappa shape index (κ3) is 3.93. The van der Waals surface area contributed by atoms with E-state index in [0.29, 0.717) is 16.2 Å². The zero-order chi connectivity index (χ0) is 20.5. The van der Waals surface area contributed by atoms with Crippen LogP contribution in [-0.2, 0) is 11.3 Å². The highest BCUT2D eigenvalue weighted by molar-refractivity contribution is 9.10. The second kappa shape index (κ2) is 8.01. The molecule has 1 N–H and O–H groups in total. The summed E-state index contributed by atoms with van der Waals surface area (Å²) >= 11 is 9.49. The third-order valence-corrected chi connectivity index (χ3v) is 5.63. The van der Waals surface area contributed by atoms with Crippen LogP contribution in [0.25, 0.3) is 5.57 Å². The number of aliphatic hydroxyl groups excluding tert-OH is 1. The van der Waals surface area contributed by atoms with Crippen LogP contribution in [0.2, 0.25) is 5.02 Å². The first kappa shape index (κ1) is 19.7. The van der Waals surface area contributed by atoms with Crippen molar-refractivity contribution in [3.63, 3.8) is 0 Å². The molecule has 0 fully saturated rings. The van der Waals surface area contributed by atoms with Crippen molar-refractivity contribution in [2.24, 2.45) is 0 Å². The largest absolute Gasteiger partial charge is 0.503 e. The van der Waals surface area contributed by atoms with Gasteiger partial charge in [0, 0.05) is 21.6 Å². The number of nitrogens with zero attached hydrogens (tertiary/aromatic N) is 1. The van der Waals surface area contributed by atoms with Gasteiger partial charge in [-0.3, -0.25) is 4.79 Å². The molecule has 0 spiro atoms. The van der Waals surface area contributed by atoms with E-state index in [1.165, 1.54) is 12.1 Å². The lowest BCUT2D eigenvalue weighted by molar-refractivity contribution is -0.130. The van der Waals surface area contributed by atoms with E-state index in [4.69, 9.17) is 11.6 Å². The molecule has 1 aliphatic rings. The van der Waals surface area contributed by atoms with Crippen LogP contribution in [0.3, 0.4) is 0 Å². The number of carbonyl (C=O) groups excluding carboxylic acids is 1. The minimum absolute atomic E-state index is 0.234. The molecule has 6 heteroatoms. The number of aliphatic hydroxyl groups is 1. The van der Waals surface area contributed by atoms with Gasteiger partial charge in [-0.25, -0.2) is 4.39 Å². The molecule has 146 valence electrons. The molecular weight excluding hydrogens is 457 g/mol. The fourth-order valence-corrected chi connectivity index (χ4v) is 4.09. The Labute approximate surface area is 181 Å². The zero-order valence-electron chi connectivity index (χ0n) is 15.1. The Kier molecular flexibility index (Phi) is 5.43. The van der Waals surface area contributed by atoms with Crippen molar-refractivity contribution in [2.75, 3.05) is 0 Å². The summed E-state index contributed by atoms with van der Waals surface area (Å²) in [7, 11) is 0. The summed E-state index contributed by atoms with van der Waals surface area (Å²) in [5.41, 5.74) is 2.85. The molecule has 1 aliphatic heterocycles. The molecule has 29 heavy (non-hydrogen) atoms. The van der Waals surface area contributed by atoms with Crippen LogP contribution in [0.1, 0.15) is 22.7 Å². The van der Waals surface area contributed by atoms with Crippen LogP contribution >= 0.6 is 27.5 Å². The van der Waals surface area contributed by atoms with E-state index >= 15 is 0 Å². The summed E-state index contributed by atoms with van der Waals surface area (Å²) in [6.07, 6.45) is 0. The van der Waals surface area contributed by atoms with Gasteiger partial charge in [0.2, 0.25) is 0 Å². The van der Waals surface area contributed by atoms with Crippen molar-refractivity contribution in [2.45, 2.75) is 12.6 Å². The number of carbonyl (C=O) groups is 1. The summed E-state index contributed by atoms with van der Waals surface area (Å²) in [4.78, 5) is 14.6. The topological polar surface area (TPSA) is 40.5 Å². The Balaban J connectivity index is 1.81. The minimum atomic E-state index is -0.494. The lowest BCUT2D eigenvalue weighted by atomic mass is 9.93. The number of rotatable bonds is 4. The number of halogens is 3. The highest BCUT2D eigenvalue weighted by Gasteiger charge is 2.41. The van der Waals surface area contributed by atoms with Crippen molar-refractivity contribution >= 4 is 39.0 Å². The summed E-state index contributed by atoms with van der Waals surface area (Å²) in [5.74, 6) is -1.10. The number of hydrogen-bond acceptors (Lipinski definition) is 2. The van der Waals surface area contributed by atoms with Crippen molar-refractivity contribution in [1.29, 1.82) is 0 Å². The number of benzene rings is 3. The molecule has 1 heterocycles. The Bertz CT molecular complexity index is 1100. The monoisotopic (exact) mass is 471 g/mol. The van der Waals surface area contributed by atoms with Crippen molar-refractivity contribution in [3.05, 3.63) is 111 Å². The molecule has 0 aliphatic carbocycles. The second-order valence-corrected chi connectivity index (χ2v) is 8.14. The Morgan fingerprint density at radius 2 is 1.72 bits per heavy atom. The van der Waals surface area contributed by atoms with Crippen LogP contribution in [0.15, 0.2) is 83.0 Å². The summed E-state index contributed by atoms with van der Waals surface area (Å²) in [6, 6.07) is 20.1. The van der Waals surface area contributed by atoms with Crippen LogP contribution in [0, 0.1) is 5.82 Å². The van der Waals surface area contributed by atoms with Crippen LogP contribution < -0.4 is 0 Å². The van der Waals surface area contributed by atoms with E-state index in [0.717, 1.165) is 15.6 Å². The van der Waals surface area contributed by atoms with Gasteiger partial charge in [0.25, 0.3) is 5.91 Å². The first-order valence-corrected chi connectivity index (χ1v) is 10.1. The minimum Gasteiger partial charge on any atom is -0.503 e. The van der Waals surface area contributed by atoms with Gasteiger partial charge in [-0.1, -0.05) is 63.9 Å². The third-order valence-electron chi connectivity index (χ3n) is 4.89. The SMILES string of the molecule is O=C1C(O)=C(c2ccc(Cl)cc2)[C@@H](c2cccc(Br)c2)N1Cc1ccc(F)cc1. The molecule has 3 nitrogen and oxygen atoms in total. The average molecular weight is 473 g/mol. The molecule has 3 aromatic rings. The van der Waals surface area contributed by atoms with Gasteiger partial charge in [0.05, 0.1) is 6.04 Å². The van der Waals surface area contributed by atoms with Crippen LogP contribution in [0.5, 0.6) is 0 Å². The second-order valence-electron chi connectivity index (χ2n) is 6.79. The van der Waals surface area contributed by atoms with Gasteiger partial charge in [0.15, 0.2) is 5.76 Å². The molecule has 4 rings (SSSR count). The maximum Gasteiger partial charge on any atom is 0.290 e. The highest BCUT2D eigenvalue weighted by atomic mass is 79.9. The molecule has 0 radical (unpaired) electrons. The normalized spacial score (nSPS) is 16.6. The van der Waals surface area contributed by atoms with E-state index in [9.17, 15) is 14.3 Å². The van der Waals surface area contributed by atoms with Gasteiger partial charge in [0.1, 0.15) is 5.82 Å². The van der Waals surface area contributed by atoms with E-state index in [2.05, 4.69) is 15.9 Å². The fraction of sp³-hybridized carbons (Fsp3) is 0.0870. The molecule has 1 atom stereocenters. The molecule has 0 bridgehead atoms. The van der Waals surface area contributed by atoms with Crippen molar-refractivity contribution in [3.8, 4) is 0 Å². The van der Waals surface area contributed by atoms with E-state index in [1.807, 2.05) is 24.3 Å². The van der Waals surface area contributed by atoms with Crippen molar-refractivity contribution < 1.29 is 14.3 Å². The molecule has 3 aromatic carbocycles. The van der Waals surface area contributed by atoms with E-state index in [1.54, 1.807) is 41.3 Å². The first-order chi connectivity index (χ1) is 13.9. The molecular formula is C23H16BrClFNO2. The summed E-state index contributed by atoms with van der Waals surface area (Å²) in [6.45, 7) is 0.234. The standard InChI is InChI=1S/C23H16BrClFNO2/c24-17-3-1-2-16(12-17)21-20(15-6-8-18(25)9-7-15)22(28)23(29)27(21)13-14-4-10-19(26)11-5-14/h1-12,21,28H,13H2/t21-/m1/s1. The summed E-state index contributed by atoms with van der Waals surface area (Å²) < 4.78 is 14.2. The average Bonchev–Trinajstić information content (AvgIpc) is 2.95. The first-order valence-electron chi connectivity index (χ1n) is 8.94. The van der Waals surface area contributed by atoms with Crippen LogP contribution in [0.4, 0.5) is 4.39 Å². The number of amides is 1. The van der Waals surface area contributed by atoms with E-state index in [-0.39, 0.29) is 18.1 Å². The van der Waals surface area contributed by atoms with Gasteiger partial charge >= 0.3 is 0 Å². The highest BCUT2D eigenvalue weighted by Crippen LogP contribution is 2.44. The smallest absolute Gasteiger partial charge is 0.290 e. The predicted octanol–water partition coefficient (Wildman–Crippen LogP) is 6.29. The maximum atomic E-state index is 13.3. The molecule has 0 unspecified atom stereocenters. The summed E-state index contributed by atoms with van der Waals surface area (Å²) in [5, 5.41) is 11.3. The Morgan fingerprint density at radius 1 is 1.03 bits per heavy atom. The predicted molar refractivity (Wildman–Crippen MR) is 115 cm³/mol. The Hall–Kier alpha value is -2.63. The molecule has 1 amide bonds. The van der Waals surface area contributed by atoms with Gasteiger partial charge in [-0.05, 0) is 53.1 Å². The molecule has 0 aromatic heterocycles. The van der Waals surface area contributed by atoms with E-state index < -0.39 is 11.9 Å².